The molecule has 1 aromatic rings. The van der Waals surface area contributed by atoms with Gasteiger partial charge in [0.25, 0.3) is 11.8 Å². The number of nitrogens with zero attached hydrogens (tertiary/aromatic N) is 4. The van der Waals surface area contributed by atoms with Crippen molar-refractivity contribution in [3.63, 3.8) is 0 Å². The lowest BCUT2D eigenvalue weighted by Gasteiger charge is -2.39. The van der Waals surface area contributed by atoms with Gasteiger partial charge in [0.05, 0.1) is 22.9 Å². The van der Waals surface area contributed by atoms with Gasteiger partial charge in [0, 0.05) is 59.3 Å². The van der Waals surface area contributed by atoms with E-state index >= 15 is 0 Å². The third-order valence-corrected chi connectivity index (χ3v) is 7.43. The van der Waals surface area contributed by atoms with Crippen LogP contribution in [0.4, 0.5) is 5.69 Å². The van der Waals surface area contributed by atoms with Crippen LogP contribution in [0.5, 0.6) is 0 Å². The summed E-state index contributed by atoms with van der Waals surface area (Å²) in [4.78, 5) is 57.9. The molecule has 3 aliphatic rings. The molecule has 3 heterocycles. The van der Waals surface area contributed by atoms with E-state index in [1.807, 2.05) is 6.07 Å². The fourth-order valence-corrected chi connectivity index (χ4v) is 5.26. The van der Waals surface area contributed by atoms with Crippen LogP contribution in [0.15, 0.2) is 18.2 Å². The van der Waals surface area contributed by atoms with Crippen LogP contribution < -0.4 is 10.2 Å². The Labute approximate surface area is 201 Å². The van der Waals surface area contributed by atoms with Crippen LogP contribution in [0.1, 0.15) is 46.4 Å². The standard InChI is InChI=1S/C25H35N5O4/c1-26-22(32)7-6-19(17-31)30-24(33)20-4-3-5-21(23(20)25(30)34)29-10-8-18(9-11-29)16-28-14-12-27(2)13-15-28/h3-5,17-19H,6-16H2,1-2H3,(H,26,32). The molecule has 0 bridgehead atoms. The zero-order chi connectivity index (χ0) is 24.2. The zero-order valence-electron chi connectivity index (χ0n) is 20.2. The summed E-state index contributed by atoms with van der Waals surface area (Å²) in [6.45, 7) is 7.26. The number of anilines is 1. The van der Waals surface area contributed by atoms with E-state index in [1.54, 1.807) is 12.1 Å². The highest BCUT2D eigenvalue weighted by atomic mass is 16.2. The van der Waals surface area contributed by atoms with Gasteiger partial charge in [-0.2, -0.15) is 0 Å². The van der Waals surface area contributed by atoms with E-state index in [-0.39, 0.29) is 18.7 Å². The first-order valence-corrected chi connectivity index (χ1v) is 12.3. The SMILES string of the molecule is CNC(=O)CCC(C=O)N1C(=O)c2cccc(N3CCC(CN4CCN(C)CC4)CC3)c2C1=O. The number of rotatable bonds is 8. The number of amides is 3. The van der Waals surface area contributed by atoms with Crippen LogP contribution in [0.25, 0.3) is 0 Å². The predicted octanol–water partition coefficient (Wildman–Crippen LogP) is 0.840. The number of benzene rings is 1. The molecule has 3 aliphatic heterocycles. The van der Waals surface area contributed by atoms with Gasteiger partial charge in [0.15, 0.2) is 0 Å². The molecule has 2 fully saturated rings. The first-order chi connectivity index (χ1) is 16.4. The summed E-state index contributed by atoms with van der Waals surface area (Å²) in [5.74, 6) is -0.497. The molecule has 0 aliphatic carbocycles. The molecular formula is C25H35N5O4. The highest BCUT2D eigenvalue weighted by Gasteiger charge is 2.42. The highest BCUT2D eigenvalue weighted by molar-refractivity contribution is 6.24. The van der Waals surface area contributed by atoms with Crippen LogP contribution in [0, 0.1) is 5.92 Å². The Hall–Kier alpha value is -2.78. The van der Waals surface area contributed by atoms with Gasteiger partial charge in [-0.25, -0.2) is 0 Å². The molecule has 0 saturated carbocycles. The zero-order valence-corrected chi connectivity index (χ0v) is 20.2. The van der Waals surface area contributed by atoms with E-state index in [0.29, 0.717) is 23.3 Å². The first-order valence-electron chi connectivity index (χ1n) is 12.3. The molecule has 9 nitrogen and oxygen atoms in total. The number of fused-ring (bicyclic) bond motifs is 1. The summed E-state index contributed by atoms with van der Waals surface area (Å²) in [5.41, 5.74) is 1.50. The molecule has 0 radical (unpaired) electrons. The van der Waals surface area contributed by atoms with Crippen LogP contribution in [-0.4, -0.2) is 105 Å². The van der Waals surface area contributed by atoms with Crippen LogP contribution >= 0.6 is 0 Å². The topological polar surface area (TPSA) is 93.3 Å². The predicted molar refractivity (Wildman–Crippen MR) is 129 cm³/mol. The highest BCUT2D eigenvalue weighted by Crippen LogP contribution is 2.35. The largest absolute Gasteiger partial charge is 0.371 e. The minimum Gasteiger partial charge on any atom is -0.371 e. The van der Waals surface area contributed by atoms with Crippen molar-refractivity contribution in [1.29, 1.82) is 0 Å². The molecule has 0 spiro atoms. The normalized spacial score (nSPS) is 21.0. The number of hydrogen-bond acceptors (Lipinski definition) is 7. The number of carbonyl (C=O) groups excluding carboxylic acids is 4. The van der Waals surface area contributed by atoms with Crippen molar-refractivity contribution in [2.24, 2.45) is 5.92 Å². The smallest absolute Gasteiger partial charge is 0.264 e. The van der Waals surface area contributed by atoms with Crippen LogP contribution in [0.2, 0.25) is 0 Å². The van der Waals surface area contributed by atoms with E-state index in [0.717, 1.165) is 69.2 Å². The number of nitrogens with one attached hydrogen (secondary N) is 1. The Morgan fingerprint density at radius 2 is 1.79 bits per heavy atom. The van der Waals surface area contributed by atoms with E-state index in [9.17, 15) is 19.2 Å². The molecule has 1 aromatic carbocycles. The summed E-state index contributed by atoms with van der Waals surface area (Å²) in [6.07, 6.45) is 2.87. The molecular weight excluding hydrogens is 434 g/mol. The van der Waals surface area contributed by atoms with Crippen molar-refractivity contribution in [1.82, 2.24) is 20.0 Å². The molecule has 3 amide bonds. The second-order valence-corrected chi connectivity index (χ2v) is 9.63. The van der Waals surface area contributed by atoms with Crippen molar-refractivity contribution in [3.8, 4) is 0 Å². The lowest BCUT2D eigenvalue weighted by molar-refractivity contribution is -0.121. The molecule has 4 rings (SSSR count). The Bertz CT molecular complexity index is 935. The molecule has 9 heteroatoms. The van der Waals surface area contributed by atoms with Crippen molar-refractivity contribution < 1.29 is 19.2 Å². The maximum absolute atomic E-state index is 13.3. The van der Waals surface area contributed by atoms with Gasteiger partial charge >= 0.3 is 0 Å². The maximum atomic E-state index is 13.3. The van der Waals surface area contributed by atoms with Gasteiger partial charge < -0.3 is 24.8 Å². The van der Waals surface area contributed by atoms with Gasteiger partial charge in [0.2, 0.25) is 5.91 Å². The lowest BCUT2D eigenvalue weighted by Crippen LogP contribution is -2.47. The second kappa shape index (κ2) is 10.7. The quantitative estimate of drug-likeness (QED) is 0.446. The Morgan fingerprint density at radius 3 is 2.44 bits per heavy atom. The minimum atomic E-state index is -0.952. The second-order valence-electron chi connectivity index (χ2n) is 9.63. The van der Waals surface area contributed by atoms with Crippen molar-refractivity contribution in [2.45, 2.75) is 31.7 Å². The fourth-order valence-electron chi connectivity index (χ4n) is 5.26. The fraction of sp³-hybridized carbons (Fsp3) is 0.600. The van der Waals surface area contributed by atoms with Crippen LogP contribution in [-0.2, 0) is 9.59 Å². The number of carbonyl (C=O) groups is 4. The van der Waals surface area contributed by atoms with E-state index in [1.165, 1.54) is 7.05 Å². The average Bonchev–Trinajstić information content (AvgIpc) is 3.11. The summed E-state index contributed by atoms with van der Waals surface area (Å²) in [5, 5.41) is 2.50. The third-order valence-electron chi connectivity index (χ3n) is 7.43. The summed E-state index contributed by atoms with van der Waals surface area (Å²) in [6, 6.07) is 4.40. The minimum absolute atomic E-state index is 0.0704. The van der Waals surface area contributed by atoms with Crippen molar-refractivity contribution in [3.05, 3.63) is 29.3 Å². The molecule has 34 heavy (non-hydrogen) atoms. The van der Waals surface area contributed by atoms with E-state index in [2.05, 4.69) is 27.1 Å². The van der Waals surface area contributed by atoms with Crippen molar-refractivity contribution in [2.75, 3.05) is 64.8 Å². The van der Waals surface area contributed by atoms with Gasteiger partial charge in [-0.1, -0.05) is 6.07 Å². The van der Waals surface area contributed by atoms with Gasteiger partial charge in [-0.05, 0) is 44.4 Å². The number of hydrogen-bond donors (Lipinski definition) is 1. The molecule has 2 saturated heterocycles. The Balaban J connectivity index is 1.43. The number of likely N-dealkylation sites (N-methyl/N-ethyl adjacent to an activating group) is 1. The molecule has 0 aromatic heterocycles. The van der Waals surface area contributed by atoms with Crippen molar-refractivity contribution >= 4 is 29.7 Å². The molecule has 1 unspecified atom stereocenters. The lowest BCUT2D eigenvalue weighted by atomic mass is 9.94. The van der Waals surface area contributed by atoms with E-state index < -0.39 is 17.9 Å². The maximum Gasteiger partial charge on any atom is 0.264 e. The number of piperazine rings is 1. The molecule has 184 valence electrons. The summed E-state index contributed by atoms with van der Waals surface area (Å²) < 4.78 is 0. The van der Waals surface area contributed by atoms with Gasteiger partial charge in [-0.3, -0.25) is 19.3 Å². The average molecular weight is 470 g/mol. The summed E-state index contributed by atoms with van der Waals surface area (Å²) >= 11 is 0. The molecule has 1 atom stereocenters. The summed E-state index contributed by atoms with van der Waals surface area (Å²) in [7, 11) is 3.68. The Kier molecular flexibility index (Phi) is 7.63. The monoisotopic (exact) mass is 469 g/mol. The van der Waals surface area contributed by atoms with Gasteiger partial charge in [-0.15, -0.1) is 0 Å². The number of piperidine rings is 1. The van der Waals surface area contributed by atoms with E-state index in [4.69, 9.17) is 0 Å². The van der Waals surface area contributed by atoms with Crippen LogP contribution in [0.3, 0.4) is 0 Å². The van der Waals surface area contributed by atoms with Gasteiger partial charge in [0.1, 0.15) is 6.29 Å². The first kappa shape index (κ1) is 24.3. The number of imide groups is 1. The Morgan fingerprint density at radius 1 is 1.09 bits per heavy atom. The molecule has 1 N–H and O–H groups in total. The number of aldehydes is 1. The third kappa shape index (κ3) is 5.00.